The number of halogens is 2. The monoisotopic (exact) mass is 271 g/mol. The molecule has 1 nitrogen and oxygen atoms in total. The SMILES string of the molecule is CCCCC(CC)(CN)Cc1ccc(F)cc1Cl. The van der Waals surface area contributed by atoms with Gasteiger partial charge in [-0.2, -0.15) is 0 Å². The highest BCUT2D eigenvalue weighted by Gasteiger charge is 2.27. The van der Waals surface area contributed by atoms with Gasteiger partial charge in [0.25, 0.3) is 0 Å². The highest BCUT2D eigenvalue weighted by Crippen LogP contribution is 2.34. The number of rotatable bonds is 7. The molecule has 3 heteroatoms. The molecule has 1 aromatic rings. The Bertz CT molecular complexity index is 375. The molecule has 1 rings (SSSR count). The van der Waals surface area contributed by atoms with Crippen LogP contribution in [-0.4, -0.2) is 6.54 Å². The van der Waals surface area contributed by atoms with Crippen LogP contribution in [0.1, 0.15) is 45.1 Å². The summed E-state index contributed by atoms with van der Waals surface area (Å²) in [5, 5.41) is 0.512. The van der Waals surface area contributed by atoms with Crippen LogP contribution in [0.25, 0.3) is 0 Å². The van der Waals surface area contributed by atoms with E-state index in [4.69, 9.17) is 17.3 Å². The Hall–Kier alpha value is -0.600. The van der Waals surface area contributed by atoms with Crippen molar-refractivity contribution >= 4 is 11.6 Å². The van der Waals surface area contributed by atoms with Crippen LogP contribution in [0.15, 0.2) is 18.2 Å². The van der Waals surface area contributed by atoms with Gasteiger partial charge in [-0.25, -0.2) is 4.39 Å². The molecule has 18 heavy (non-hydrogen) atoms. The summed E-state index contributed by atoms with van der Waals surface area (Å²) >= 11 is 6.10. The maximum atomic E-state index is 13.0. The third kappa shape index (κ3) is 3.96. The number of hydrogen-bond donors (Lipinski definition) is 1. The lowest BCUT2D eigenvalue weighted by atomic mass is 9.75. The Labute approximate surface area is 115 Å². The fourth-order valence-electron chi connectivity index (χ4n) is 2.33. The Balaban J connectivity index is 2.88. The molecule has 0 saturated heterocycles. The first kappa shape index (κ1) is 15.5. The summed E-state index contributed by atoms with van der Waals surface area (Å²) in [5.41, 5.74) is 7.07. The van der Waals surface area contributed by atoms with Gasteiger partial charge in [-0.05, 0) is 48.9 Å². The van der Waals surface area contributed by atoms with E-state index in [1.807, 2.05) is 0 Å². The fraction of sp³-hybridized carbons (Fsp3) is 0.600. The van der Waals surface area contributed by atoms with E-state index in [0.29, 0.717) is 11.6 Å². The maximum absolute atomic E-state index is 13.0. The lowest BCUT2D eigenvalue weighted by molar-refractivity contribution is 0.251. The molecule has 0 aromatic heterocycles. The van der Waals surface area contributed by atoms with Crippen molar-refractivity contribution < 1.29 is 4.39 Å². The zero-order valence-electron chi connectivity index (χ0n) is 11.3. The van der Waals surface area contributed by atoms with Crippen molar-refractivity contribution in [2.45, 2.75) is 46.0 Å². The van der Waals surface area contributed by atoms with Crippen molar-refractivity contribution in [3.05, 3.63) is 34.6 Å². The zero-order valence-corrected chi connectivity index (χ0v) is 12.1. The Morgan fingerprint density at radius 3 is 2.56 bits per heavy atom. The largest absolute Gasteiger partial charge is 0.330 e. The summed E-state index contributed by atoms with van der Waals surface area (Å²) in [4.78, 5) is 0. The molecule has 0 aliphatic carbocycles. The minimum atomic E-state index is -0.285. The number of unbranched alkanes of at least 4 members (excludes halogenated alkanes) is 1. The van der Waals surface area contributed by atoms with Gasteiger partial charge < -0.3 is 5.73 Å². The van der Waals surface area contributed by atoms with E-state index < -0.39 is 0 Å². The molecule has 1 unspecified atom stereocenters. The lowest BCUT2D eigenvalue weighted by Gasteiger charge is -2.32. The molecule has 2 N–H and O–H groups in total. The van der Waals surface area contributed by atoms with Crippen molar-refractivity contribution in [2.24, 2.45) is 11.1 Å². The molecule has 1 aromatic carbocycles. The Morgan fingerprint density at radius 2 is 2.06 bits per heavy atom. The standard InChI is InChI=1S/C15H23ClFN/c1-3-5-8-15(4-2,11-18)10-12-6-7-13(17)9-14(12)16/h6-7,9H,3-5,8,10-11,18H2,1-2H3. The van der Waals surface area contributed by atoms with Crippen LogP contribution < -0.4 is 5.73 Å². The Morgan fingerprint density at radius 1 is 1.33 bits per heavy atom. The fourth-order valence-corrected chi connectivity index (χ4v) is 2.56. The minimum Gasteiger partial charge on any atom is -0.330 e. The predicted octanol–water partition coefficient (Wildman–Crippen LogP) is 4.57. The quantitative estimate of drug-likeness (QED) is 0.773. The second kappa shape index (κ2) is 7.10. The van der Waals surface area contributed by atoms with Gasteiger partial charge >= 0.3 is 0 Å². The molecule has 1 atom stereocenters. The maximum Gasteiger partial charge on any atom is 0.124 e. The molecule has 102 valence electrons. The summed E-state index contributed by atoms with van der Waals surface area (Å²) < 4.78 is 13.0. The molecule has 0 amide bonds. The lowest BCUT2D eigenvalue weighted by Crippen LogP contribution is -2.32. The zero-order chi connectivity index (χ0) is 13.6. The van der Waals surface area contributed by atoms with Gasteiger partial charge in [-0.15, -0.1) is 0 Å². The summed E-state index contributed by atoms with van der Waals surface area (Å²) in [7, 11) is 0. The highest BCUT2D eigenvalue weighted by molar-refractivity contribution is 6.31. The molecule has 0 spiro atoms. The molecule has 0 heterocycles. The van der Waals surface area contributed by atoms with Crippen LogP contribution >= 0.6 is 11.6 Å². The van der Waals surface area contributed by atoms with Crippen molar-refractivity contribution in [1.29, 1.82) is 0 Å². The third-order valence-corrected chi connectivity index (χ3v) is 4.18. The molecular weight excluding hydrogens is 249 g/mol. The van der Waals surface area contributed by atoms with Crippen LogP contribution in [0, 0.1) is 11.2 Å². The van der Waals surface area contributed by atoms with Gasteiger partial charge in [-0.3, -0.25) is 0 Å². The van der Waals surface area contributed by atoms with Crippen LogP contribution in [0.5, 0.6) is 0 Å². The van der Waals surface area contributed by atoms with Gasteiger partial charge in [-0.1, -0.05) is 44.4 Å². The van der Waals surface area contributed by atoms with Gasteiger partial charge in [0.1, 0.15) is 5.82 Å². The first-order valence-electron chi connectivity index (χ1n) is 6.71. The van der Waals surface area contributed by atoms with Crippen molar-refractivity contribution in [1.82, 2.24) is 0 Å². The van der Waals surface area contributed by atoms with Gasteiger partial charge in [0.05, 0.1) is 0 Å². The van der Waals surface area contributed by atoms with Gasteiger partial charge in [0, 0.05) is 5.02 Å². The number of hydrogen-bond acceptors (Lipinski definition) is 1. The van der Waals surface area contributed by atoms with Crippen LogP contribution in [0.3, 0.4) is 0 Å². The van der Waals surface area contributed by atoms with Crippen LogP contribution in [0.2, 0.25) is 5.02 Å². The first-order chi connectivity index (χ1) is 8.56. The van der Waals surface area contributed by atoms with Gasteiger partial charge in [0.2, 0.25) is 0 Å². The molecule has 0 aliphatic rings. The van der Waals surface area contributed by atoms with E-state index in [-0.39, 0.29) is 11.2 Å². The summed E-state index contributed by atoms with van der Waals surface area (Å²) in [6, 6.07) is 4.63. The average Bonchev–Trinajstić information content (AvgIpc) is 2.37. The smallest absolute Gasteiger partial charge is 0.124 e. The predicted molar refractivity (Wildman–Crippen MR) is 76.4 cm³/mol. The topological polar surface area (TPSA) is 26.0 Å². The summed E-state index contributed by atoms with van der Waals surface area (Å²) in [5.74, 6) is -0.285. The second-order valence-electron chi connectivity index (χ2n) is 5.07. The normalized spacial score (nSPS) is 14.5. The number of benzene rings is 1. The molecular formula is C15H23ClFN. The van der Waals surface area contributed by atoms with E-state index in [0.717, 1.165) is 24.8 Å². The van der Waals surface area contributed by atoms with Crippen LogP contribution in [0.4, 0.5) is 4.39 Å². The van der Waals surface area contributed by atoms with Crippen molar-refractivity contribution in [3.63, 3.8) is 0 Å². The van der Waals surface area contributed by atoms with Crippen molar-refractivity contribution in [2.75, 3.05) is 6.54 Å². The average molecular weight is 272 g/mol. The molecule has 0 fully saturated rings. The second-order valence-corrected chi connectivity index (χ2v) is 5.48. The molecule has 0 bridgehead atoms. The van der Waals surface area contributed by atoms with Crippen molar-refractivity contribution in [3.8, 4) is 0 Å². The first-order valence-corrected chi connectivity index (χ1v) is 7.08. The van der Waals surface area contributed by atoms with E-state index in [9.17, 15) is 4.39 Å². The Kier molecular flexibility index (Phi) is 6.10. The molecule has 0 radical (unpaired) electrons. The van der Waals surface area contributed by atoms with Crippen LogP contribution in [-0.2, 0) is 6.42 Å². The van der Waals surface area contributed by atoms with E-state index >= 15 is 0 Å². The molecule has 0 aliphatic heterocycles. The van der Waals surface area contributed by atoms with E-state index in [1.54, 1.807) is 6.07 Å². The van der Waals surface area contributed by atoms with E-state index in [2.05, 4.69) is 13.8 Å². The third-order valence-electron chi connectivity index (χ3n) is 3.82. The van der Waals surface area contributed by atoms with E-state index in [1.165, 1.54) is 25.0 Å². The molecule has 0 saturated carbocycles. The number of nitrogens with two attached hydrogens (primary N) is 1. The summed E-state index contributed by atoms with van der Waals surface area (Å²) in [6.45, 7) is 5.00. The highest BCUT2D eigenvalue weighted by atomic mass is 35.5. The minimum absolute atomic E-state index is 0.0947. The summed E-state index contributed by atoms with van der Waals surface area (Å²) in [6.07, 6.45) is 5.29. The van der Waals surface area contributed by atoms with Gasteiger partial charge in [0.15, 0.2) is 0 Å².